The Hall–Kier alpha value is -1.64. The summed E-state index contributed by atoms with van der Waals surface area (Å²) in [7, 11) is 0. The lowest BCUT2D eigenvalue weighted by Crippen LogP contribution is -2.22. The monoisotopic (exact) mass is 162 g/mol. The van der Waals surface area contributed by atoms with Crippen LogP contribution in [0.4, 0.5) is 0 Å². The van der Waals surface area contributed by atoms with Crippen molar-refractivity contribution in [2.75, 3.05) is 0 Å². The summed E-state index contributed by atoms with van der Waals surface area (Å²) < 4.78 is 0. The van der Waals surface area contributed by atoms with E-state index in [-0.39, 0.29) is 5.71 Å². The van der Waals surface area contributed by atoms with Gasteiger partial charge in [-0.2, -0.15) is 0 Å². The van der Waals surface area contributed by atoms with Crippen molar-refractivity contribution in [2.45, 2.75) is 6.92 Å². The highest BCUT2D eigenvalue weighted by atomic mass is 16.1. The van der Waals surface area contributed by atoms with Crippen LogP contribution < -0.4 is 5.73 Å². The van der Waals surface area contributed by atoms with Gasteiger partial charge in [-0.1, -0.05) is 29.8 Å². The van der Waals surface area contributed by atoms with Crippen LogP contribution in [-0.2, 0) is 4.79 Å². The molecule has 1 amide bonds. The molecule has 0 saturated heterocycles. The molecule has 3 N–H and O–H groups in total. The molecule has 3 nitrogen and oxygen atoms in total. The normalized spacial score (nSPS) is 9.42. The molecule has 1 aromatic carbocycles. The number of rotatable bonds is 2. The topological polar surface area (TPSA) is 66.9 Å². The minimum Gasteiger partial charge on any atom is -0.364 e. The van der Waals surface area contributed by atoms with Crippen molar-refractivity contribution in [1.82, 2.24) is 0 Å². The minimum atomic E-state index is -0.696. The molecule has 0 spiro atoms. The smallest absolute Gasteiger partial charge is 0.267 e. The van der Waals surface area contributed by atoms with Gasteiger partial charge in [0.1, 0.15) is 5.71 Å². The second-order valence-corrected chi connectivity index (χ2v) is 2.61. The second-order valence-electron chi connectivity index (χ2n) is 2.61. The van der Waals surface area contributed by atoms with E-state index in [1.165, 1.54) is 0 Å². The van der Waals surface area contributed by atoms with E-state index in [1.807, 2.05) is 19.1 Å². The summed E-state index contributed by atoms with van der Waals surface area (Å²) >= 11 is 0. The number of nitrogens with one attached hydrogen (secondary N) is 1. The van der Waals surface area contributed by atoms with E-state index in [9.17, 15) is 4.79 Å². The van der Waals surface area contributed by atoms with Crippen LogP contribution >= 0.6 is 0 Å². The Balaban J connectivity index is 2.98. The fourth-order valence-electron chi connectivity index (χ4n) is 0.862. The Kier molecular flexibility index (Phi) is 2.24. The van der Waals surface area contributed by atoms with Crippen molar-refractivity contribution < 1.29 is 4.79 Å². The first kappa shape index (κ1) is 8.46. The molecule has 1 rings (SSSR count). The minimum absolute atomic E-state index is 0.144. The molecule has 0 heterocycles. The first-order valence-corrected chi connectivity index (χ1v) is 3.56. The zero-order chi connectivity index (χ0) is 9.14. The number of primary amides is 1. The predicted molar refractivity (Wildman–Crippen MR) is 47.2 cm³/mol. The van der Waals surface area contributed by atoms with Gasteiger partial charge in [0.2, 0.25) is 0 Å². The fraction of sp³-hybridized carbons (Fsp3) is 0.111. The van der Waals surface area contributed by atoms with Crippen molar-refractivity contribution in [2.24, 2.45) is 5.73 Å². The molecule has 0 unspecified atom stereocenters. The first-order valence-electron chi connectivity index (χ1n) is 3.56. The van der Waals surface area contributed by atoms with E-state index < -0.39 is 5.91 Å². The third kappa shape index (κ3) is 1.69. The van der Waals surface area contributed by atoms with Crippen LogP contribution in [0.15, 0.2) is 24.3 Å². The quantitative estimate of drug-likeness (QED) is 0.622. The van der Waals surface area contributed by atoms with Gasteiger partial charge in [0.25, 0.3) is 5.91 Å². The van der Waals surface area contributed by atoms with Crippen LogP contribution in [0.25, 0.3) is 0 Å². The van der Waals surface area contributed by atoms with Crippen LogP contribution in [0.5, 0.6) is 0 Å². The third-order valence-corrected chi connectivity index (χ3v) is 1.59. The summed E-state index contributed by atoms with van der Waals surface area (Å²) in [6.07, 6.45) is 0. The summed E-state index contributed by atoms with van der Waals surface area (Å²) in [5.74, 6) is -0.696. The highest BCUT2D eigenvalue weighted by Gasteiger charge is 2.05. The maximum Gasteiger partial charge on any atom is 0.267 e. The summed E-state index contributed by atoms with van der Waals surface area (Å²) in [6, 6.07) is 7.10. The molecule has 3 heteroatoms. The number of benzene rings is 1. The largest absolute Gasteiger partial charge is 0.364 e. The molecule has 0 radical (unpaired) electrons. The number of aryl methyl sites for hydroxylation is 1. The number of carbonyl (C=O) groups excluding carboxylic acids is 1. The average molecular weight is 162 g/mol. The molecular weight excluding hydrogens is 152 g/mol. The predicted octanol–water partition coefficient (Wildman–Crippen LogP) is 0.848. The van der Waals surface area contributed by atoms with E-state index in [0.717, 1.165) is 5.56 Å². The molecule has 0 atom stereocenters. The SMILES string of the molecule is Cc1ccc(C(=N)C(N)=O)cc1. The van der Waals surface area contributed by atoms with Crippen LogP contribution in [-0.4, -0.2) is 11.6 Å². The van der Waals surface area contributed by atoms with Crippen LogP contribution in [0.2, 0.25) is 0 Å². The Morgan fingerprint density at radius 2 is 1.83 bits per heavy atom. The maximum absolute atomic E-state index is 10.6. The molecule has 12 heavy (non-hydrogen) atoms. The lowest BCUT2D eigenvalue weighted by molar-refractivity contribution is -0.112. The maximum atomic E-state index is 10.6. The van der Waals surface area contributed by atoms with E-state index in [0.29, 0.717) is 5.56 Å². The fourth-order valence-corrected chi connectivity index (χ4v) is 0.862. The lowest BCUT2D eigenvalue weighted by atomic mass is 10.1. The summed E-state index contributed by atoms with van der Waals surface area (Å²) in [5, 5.41) is 7.28. The van der Waals surface area contributed by atoms with Crippen LogP contribution in [0, 0.1) is 12.3 Å². The molecule has 62 valence electrons. The summed E-state index contributed by atoms with van der Waals surface area (Å²) in [5.41, 5.74) is 6.46. The number of nitrogens with two attached hydrogens (primary N) is 1. The highest BCUT2D eigenvalue weighted by molar-refractivity contribution is 6.43. The van der Waals surface area contributed by atoms with Crippen molar-refractivity contribution in [3.05, 3.63) is 35.4 Å². The molecule has 0 saturated carbocycles. The van der Waals surface area contributed by atoms with Gasteiger partial charge < -0.3 is 5.73 Å². The third-order valence-electron chi connectivity index (χ3n) is 1.59. The zero-order valence-electron chi connectivity index (χ0n) is 6.79. The Morgan fingerprint density at radius 1 is 1.33 bits per heavy atom. The van der Waals surface area contributed by atoms with Gasteiger partial charge in [-0.05, 0) is 6.92 Å². The molecular formula is C9H10N2O. The van der Waals surface area contributed by atoms with Crippen molar-refractivity contribution >= 4 is 11.6 Å². The standard InChI is InChI=1S/C9H10N2O/c1-6-2-4-7(5-3-6)8(10)9(11)12/h2-5,10H,1H3,(H2,11,12). The van der Waals surface area contributed by atoms with Gasteiger partial charge in [-0.3, -0.25) is 10.2 Å². The Labute approximate surface area is 70.7 Å². The molecule has 0 bridgehead atoms. The zero-order valence-corrected chi connectivity index (χ0v) is 6.79. The van der Waals surface area contributed by atoms with Crippen molar-refractivity contribution in [1.29, 1.82) is 5.41 Å². The summed E-state index contributed by atoms with van der Waals surface area (Å²) in [4.78, 5) is 10.6. The van der Waals surface area contributed by atoms with Gasteiger partial charge in [-0.25, -0.2) is 0 Å². The Morgan fingerprint density at radius 3 is 2.25 bits per heavy atom. The van der Waals surface area contributed by atoms with Gasteiger partial charge in [-0.15, -0.1) is 0 Å². The number of hydrogen-bond acceptors (Lipinski definition) is 2. The summed E-state index contributed by atoms with van der Waals surface area (Å²) in [6.45, 7) is 1.94. The van der Waals surface area contributed by atoms with Crippen LogP contribution in [0.1, 0.15) is 11.1 Å². The number of hydrogen-bond donors (Lipinski definition) is 2. The first-order chi connectivity index (χ1) is 5.61. The molecule has 0 aliphatic heterocycles. The number of amides is 1. The van der Waals surface area contributed by atoms with E-state index in [4.69, 9.17) is 11.1 Å². The number of carbonyl (C=O) groups is 1. The van der Waals surface area contributed by atoms with E-state index in [1.54, 1.807) is 12.1 Å². The van der Waals surface area contributed by atoms with Gasteiger partial charge in [0.05, 0.1) is 0 Å². The van der Waals surface area contributed by atoms with Gasteiger partial charge in [0, 0.05) is 5.56 Å². The molecule has 1 aromatic rings. The molecule has 0 aromatic heterocycles. The van der Waals surface area contributed by atoms with Crippen LogP contribution in [0.3, 0.4) is 0 Å². The van der Waals surface area contributed by atoms with Gasteiger partial charge >= 0.3 is 0 Å². The highest BCUT2D eigenvalue weighted by Crippen LogP contribution is 2.03. The molecule has 0 fully saturated rings. The second kappa shape index (κ2) is 3.17. The van der Waals surface area contributed by atoms with Gasteiger partial charge in [0.15, 0.2) is 0 Å². The Bertz CT molecular complexity index is 314. The van der Waals surface area contributed by atoms with Crippen molar-refractivity contribution in [3.8, 4) is 0 Å². The lowest BCUT2D eigenvalue weighted by Gasteiger charge is -1.98. The average Bonchev–Trinajstić information content (AvgIpc) is 2.04. The van der Waals surface area contributed by atoms with Crippen molar-refractivity contribution in [3.63, 3.8) is 0 Å². The van der Waals surface area contributed by atoms with E-state index >= 15 is 0 Å². The molecule has 0 aliphatic carbocycles. The molecule has 0 aliphatic rings. The van der Waals surface area contributed by atoms with E-state index in [2.05, 4.69) is 0 Å².